The van der Waals surface area contributed by atoms with Crippen LogP contribution in [0.4, 0.5) is 0 Å². The average Bonchev–Trinajstić information content (AvgIpc) is 2.82. The second-order valence-corrected chi connectivity index (χ2v) is 7.52. The van der Waals surface area contributed by atoms with Crippen LogP contribution in [0, 0.1) is 11.8 Å². The Balaban J connectivity index is 1.65. The van der Waals surface area contributed by atoms with Gasteiger partial charge >= 0.3 is 0 Å². The number of benzene rings is 2. The minimum Gasteiger partial charge on any atom is -0.349 e. The van der Waals surface area contributed by atoms with Crippen molar-refractivity contribution >= 4 is 0 Å². The Labute approximate surface area is 143 Å². The fourth-order valence-corrected chi connectivity index (χ4v) is 5.06. The van der Waals surface area contributed by atoms with Gasteiger partial charge in [0.15, 0.2) is 5.79 Å². The maximum Gasteiger partial charge on any atom is 0.175 e. The molecule has 0 atom stereocenters. The summed E-state index contributed by atoms with van der Waals surface area (Å²) in [6.07, 6.45) is 5.24. The van der Waals surface area contributed by atoms with Crippen molar-refractivity contribution in [2.45, 2.75) is 37.9 Å². The van der Waals surface area contributed by atoms with Gasteiger partial charge in [-0.15, -0.1) is 0 Å². The van der Waals surface area contributed by atoms with E-state index in [1.54, 1.807) is 0 Å². The fourth-order valence-electron chi connectivity index (χ4n) is 5.06. The van der Waals surface area contributed by atoms with E-state index in [0.29, 0.717) is 11.8 Å². The minimum atomic E-state index is -0.406. The predicted octanol–water partition coefficient (Wildman–Crippen LogP) is 3.95. The standard InChI is InChI=1S/C22H24O2/c1-2-7-17-13-21-15-19-9-4-3-8-18(19)14-20(12-16(17)6-1)22(21)23-10-5-11-24-22/h1-4,6-9,20-21H,5,10-15H2. The number of hydrogen-bond acceptors (Lipinski definition) is 2. The molecule has 2 heteroatoms. The largest absolute Gasteiger partial charge is 0.349 e. The van der Waals surface area contributed by atoms with Crippen LogP contribution in [0.5, 0.6) is 0 Å². The van der Waals surface area contributed by atoms with Gasteiger partial charge in [0, 0.05) is 11.8 Å². The maximum atomic E-state index is 6.47. The molecule has 0 amide bonds. The molecule has 2 aromatic carbocycles. The normalized spacial score (nSPS) is 27.7. The molecule has 2 nitrogen and oxygen atoms in total. The Morgan fingerprint density at radius 2 is 1.00 bits per heavy atom. The van der Waals surface area contributed by atoms with Crippen LogP contribution in [0.15, 0.2) is 48.5 Å². The van der Waals surface area contributed by atoms with Crippen LogP contribution in [0.25, 0.3) is 0 Å². The number of fused-ring (bicyclic) bond motifs is 2. The van der Waals surface area contributed by atoms with Gasteiger partial charge in [-0.25, -0.2) is 0 Å². The van der Waals surface area contributed by atoms with Crippen molar-refractivity contribution in [3.8, 4) is 0 Å². The molecule has 0 radical (unpaired) electrons. The molecule has 1 fully saturated rings. The quantitative estimate of drug-likeness (QED) is 0.732. The van der Waals surface area contributed by atoms with E-state index in [1.165, 1.54) is 22.3 Å². The van der Waals surface area contributed by atoms with Crippen LogP contribution in [-0.2, 0) is 35.2 Å². The average molecular weight is 320 g/mol. The van der Waals surface area contributed by atoms with Gasteiger partial charge in [0.25, 0.3) is 0 Å². The van der Waals surface area contributed by atoms with E-state index in [1.807, 2.05) is 0 Å². The number of hydrogen-bond donors (Lipinski definition) is 0. The summed E-state index contributed by atoms with van der Waals surface area (Å²) in [5, 5.41) is 0. The molecule has 124 valence electrons. The SMILES string of the molecule is c1ccc2c(c1)CC1Cc3ccccc3CC(C2)C12OCCCO2. The van der Waals surface area contributed by atoms with Gasteiger partial charge in [0.1, 0.15) is 0 Å². The van der Waals surface area contributed by atoms with Crippen molar-refractivity contribution in [1.82, 2.24) is 0 Å². The Hall–Kier alpha value is -1.64. The van der Waals surface area contributed by atoms with E-state index < -0.39 is 5.79 Å². The van der Waals surface area contributed by atoms with Gasteiger partial charge in [-0.2, -0.15) is 0 Å². The first-order chi connectivity index (χ1) is 11.9. The van der Waals surface area contributed by atoms with Gasteiger partial charge < -0.3 is 9.47 Å². The zero-order valence-corrected chi connectivity index (χ0v) is 14.0. The van der Waals surface area contributed by atoms with Crippen LogP contribution in [0.2, 0.25) is 0 Å². The molecule has 1 heterocycles. The Kier molecular flexibility index (Phi) is 3.50. The molecule has 1 aliphatic heterocycles. The molecule has 0 saturated carbocycles. The summed E-state index contributed by atoms with van der Waals surface area (Å²) in [6.45, 7) is 1.67. The third-order valence-corrected chi connectivity index (χ3v) is 6.18. The van der Waals surface area contributed by atoms with E-state index in [9.17, 15) is 0 Å². The lowest BCUT2D eigenvalue weighted by atomic mass is 9.82. The summed E-state index contributed by atoms with van der Waals surface area (Å²) in [5.41, 5.74) is 5.95. The molecule has 2 aromatic rings. The highest BCUT2D eigenvalue weighted by molar-refractivity contribution is 5.36. The summed E-state index contributed by atoms with van der Waals surface area (Å²) in [4.78, 5) is 0. The first kappa shape index (κ1) is 14.7. The molecule has 1 saturated heterocycles. The van der Waals surface area contributed by atoms with Gasteiger partial charge in [-0.3, -0.25) is 0 Å². The lowest BCUT2D eigenvalue weighted by molar-refractivity contribution is -0.318. The molecular formula is C22H24O2. The van der Waals surface area contributed by atoms with E-state index >= 15 is 0 Å². The third-order valence-electron chi connectivity index (χ3n) is 6.18. The van der Waals surface area contributed by atoms with Crippen molar-refractivity contribution in [2.24, 2.45) is 11.8 Å². The minimum absolute atomic E-state index is 0.398. The second kappa shape index (κ2) is 5.72. The highest BCUT2D eigenvalue weighted by atomic mass is 16.7. The molecule has 5 rings (SSSR count). The summed E-state index contributed by atoms with van der Waals surface area (Å²) >= 11 is 0. The highest BCUT2D eigenvalue weighted by Crippen LogP contribution is 2.47. The van der Waals surface area contributed by atoms with Gasteiger partial charge in [0.05, 0.1) is 13.2 Å². The smallest absolute Gasteiger partial charge is 0.175 e. The van der Waals surface area contributed by atoms with E-state index in [2.05, 4.69) is 48.5 Å². The first-order valence-corrected chi connectivity index (χ1v) is 9.26. The number of rotatable bonds is 0. The highest BCUT2D eigenvalue weighted by Gasteiger charge is 2.52. The fraction of sp³-hybridized carbons (Fsp3) is 0.455. The summed E-state index contributed by atoms with van der Waals surface area (Å²) in [5.74, 6) is 0.390. The summed E-state index contributed by atoms with van der Waals surface area (Å²) in [6, 6.07) is 17.9. The lowest BCUT2D eigenvalue weighted by Crippen LogP contribution is -2.53. The van der Waals surface area contributed by atoms with E-state index in [-0.39, 0.29) is 0 Å². The molecule has 0 N–H and O–H groups in total. The van der Waals surface area contributed by atoms with Gasteiger partial charge in [0.2, 0.25) is 0 Å². The van der Waals surface area contributed by atoms with Crippen molar-refractivity contribution < 1.29 is 9.47 Å². The maximum absolute atomic E-state index is 6.47. The van der Waals surface area contributed by atoms with E-state index in [0.717, 1.165) is 45.3 Å². The monoisotopic (exact) mass is 320 g/mol. The number of ether oxygens (including phenoxy) is 2. The van der Waals surface area contributed by atoms with Crippen LogP contribution in [0.1, 0.15) is 28.7 Å². The molecule has 24 heavy (non-hydrogen) atoms. The summed E-state index contributed by atoms with van der Waals surface area (Å²) in [7, 11) is 0. The Morgan fingerprint density at radius 3 is 1.38 bits per heavy atom. The molecule has 1 spiro atoms. The zero-order valence-electron chi connectivity index (χ0n) is 14.0. The molecule has 0 aromatic heterocycles. The van der Waals surface area contributed by atoms with Crippen LogP contribution in [0.3, 0.4) is 0 Å². The van der Waals surface area contributed by atoms with Crippen LogP contribution >= 0.6 is 0 Å². The summed E-state index contributed by atoms with van der Waals surface area (Å²) < 4.78 is 12.9. The molecule has 3 aliphatic rings. The first-order valence-electron chi connectivity index (χ1n) is 9.26. The third kappa shape index (κ3) is 2.24. The van der Waals surface area contributed by atoms with Gasteiger partial charge in [-0.05, 0) is 54.4 Å². The van der Waals surface area contributed by atoms with E-state index in [4.69, 9.17) is 9.47 Å². The molecule has 2 bridgehead atoms. The second-order valence-electron chi connectivity index (χ2n) is 7.52. The van der Waals surface area contributed by atoms with Gasteiger partial charge in [-0.1, -0.05) is 48.5 Å². The Morgan fingerprint density at radius 1 is 0.625 bits per heavy atom. The van der Waals surface area contributed by atoms with Crippen molar-refractivity contribution in [2.75, 3.05) is 13.2 Å². The van der Waals surface area contributed by atoms with Crippen molar-refractivity contribution in [3.63, 3.8) is 0 Å². The predicted molar refractivity (Wildman–Crippen MR) is 93.9 cm³/mol. The molecule has 2 aliphatic carbocycles. The topological polar surface area (TPSA) is 18.5 Å². The van der Waals surface area contributed by atoms with Crippen LogP contribution in [-0.4, -0.2) is 19.0 Å². The molecular weight excluding hydrogens is 296 g/mol. The van der Waals surface area contributed by atoms with Crippen molar-refractivity contribution in [1.29, 1.82) is 0 Å². The molecule has 0 unspecified atom stereocenters. The Bertz CT molecular complexity index is 638. The zero-order chi connectivity index (χ0) is 16.0. The van der Waals surface area contributed by atoms with Crippen molar-refractivity contribution in [3.05, 3.63) is 70.8 Å². The lowest BCUT2D eigenvalue weighted by Gasteiger charge is -2.46. The van der Waals surface area contributed by atoms with Crippen LogP contribution < -0.4 is 0 Å².